The topological polar surface area (TPSA) is 63.6 Å². The summed E-state index contributed by atoms with van der Waals surface area (Å²) < 4.78 is 1.23. The predicted octanol–water partition coefficient (Wildman–Crippen LogP) is 0.237. The van der Waals surface area contributed by atoms with E-state index in [1.165, 1.54) is 4.68 Å². The fourth-order valence-electron chi connectivity index (χ4n) is 0.810. The molecule has 0 spiro atoms. The van der Waals surface area contributed by atoms with Crippen molar-refractivity contribution in [3.8, 4) is 0 Å². The minimum atomic E-state index is -0.299. The molecule has 5 nitrogen and oxygen atoms in total. The summed E-state index contributed by atoms with van der Waals surface area (Å²) in [5.41, 5.74) is 0.499. The first kappa shape index (κ1) is 7.71. The van der Waals surface area contributed by atoms with Gasteiger partial charge < -0.3 is 0 Å². The van der Waals surface area contributed by atoms with Gasteiger partial charge in [-0.2, -0.15) is 4.68 Å². The number of H-pyrrole nitrogens is 1. The lowest BCUT2D eigenvalue weighted by Gasteiger charge is -1.93. The van der Waals surface area contributed by atoms with Crippen molar-refractivity contribution in [2.75, 3.05) is 0 Å². The van der Waals surface area contributed by atoms with Gasteiger partial charge in [0.15, 0.2) is 0 Å². The minimum Gasteiger partial charge on any atom is -0.244 e. The second-order valence-corrected chi connectivity index (χ2v) is 2.17. The Labute approximate surface area is 63.7 Å². The van der Waals surface area contributed by atoms with Gasteiger partial charge in [-0.15, -0.1) is 0 Å². The third-order valence-electron chi connectivity index (χ3n) is 1.31. The molecule has 0 unspecified atom stereocenters. The van der Waals surface area contributed by atoms with E-state index < -0.39 is 0 Å². The molecule has 60 valence electrons. The Morgan fingerprint density at radius 3 is 3.00 bits per heavy atom. The minimum absolute atomic E-state index is 0.299. The lowest BCUT2D eigenvalue weighted by molar-refractivity contribution is 0.787. The van der Waals surface area contributed by atoms with E-state index in [9.17, 15) is 4.79 Å². The van der Waals surface area contributed by atoms with E-state index in [0.717, 1.165) is 12.1 Å². The predicted molar refractivity (Wildman–Crippen MR) is 40.9 cm³/mol. The average Bonchev–Trinajstić information content (AvgIpc) is 2.36. The molecule has 1 rings (SSSR count). The molecule has 0 aliphatic heterocycles. The summed E-state index contributed by atoms with van der Waals surface area (Å²) in [6.07, 6.45) is 2.79. The SMILES string of the molecule is CCC=C(C)n1nn[nH]c1=O. The van der Waals surface area contributed by atoms with E-state index >= 15 is 0 Å². The molecular formula is C6H10N4O. The van der Waals surface area contributed by atoms with E-state index in [2.05, 4.69) is 15.5 Å². The monoisotopic (exact) mass is 154 g/mol. The molecule has 0 aromatic carbocycles. The zero-order valence-corrected chi connectivity index (χ0v) is 6.53. The maximum Gasteiger partial charge on any atom is 0.365 e. The Balaban J connectivity index is 3.02. The molecule has 0 saturated heterocycles. The van der Waals surface area contributed by atoms with E-state index in [0.29, 0.717) is 0 Å². The summed E-state index contributed by atoms with van der Waals surface area (Å²) in [6.45, 7) is 3.81. The van der Waals surface area contributed by atoms with Crippen LogP contribution in [0.15, 0.2) is 10.9 Å². The number of nitrogens with one attached hydrogen (secondary N) is 1. The Kier molecular flexibility index (Phi) is 2.20. The average molecular weight is 154 g/mol. The van der Waals surface area contributed by atoms with Crippen molar-refractivity contribution < 1.29 is 0 Å². The Morgan fingerprint density at radius 1 is 1.82 bits per heavy atom. The molecule has 5 heteroatoms. The number of hydrogen-bond donors (Lipinski definition) is 1. The molecular weight excluding hydrogens is 144 g/mol. The highest BCUT2D eigenvalue weighted by molar-refractivity contribution is 5.38. The summed E-state index contributed by atoms with van der Waals surface area (Å²) in [6, 6.07) is 0. The summed E-state index contributed by atoms with van der Waals surface area (Å²) >= 11 is 0. The van der Waals surface area contributed by atoms with Crippen LogP contribution in [-0.2, 0) is 0 Å². The molecule has 0 amide bonds. The molecule has 0 aliphatic carbocycles. The standard InChI is InChI=1S/C6H10N4O/c1-3-4-5(2)10-6(11)7-8-9-10/h4H,3H2,1-2H3,(H,7,9,11). The van der Waals surface area contributed by atoms with Gasteiger partial charge in [0.05, 0.1) is 0 Å². The summed E-state index contributed by atoms with van der Waals surface area (Å²) in [7, 11) is 0. The quantitative estimate of drug-likeness (QED) is 0.663. The van der Waals surface area contributed by atoms with Crippen molar-refractivity contribution in [2.24, 2.45) is 0 Å². The summed E-state index contributed by atoms with van der Waals surface area (Å²) in [4.78, 5) is 10.9. The lowest BCUT2D eigenvalue weighted by Crippen LogP contribution is -2.15. The molecule has 1 N–H and O–H groups in total. The lowest BCUT2D eigenvalue weighted by atomic mass is 10.4. The van der Waals surface area contributed by atoms with Gasteiger partial charge in [-0.25, -0.2) is 9.89 Å². The first-order valence-corrected chi connectivity index (χ1v) is 3.43. The van der Waals surface area contributed by atoms with Gasteiger partial charge in [-0.05, 0) is 23.8 Å². The van der Waals surface area contributed by atoms with Crippen LogP contribution in [-0.4, -0.2) is 20.2 Å². The maximum absolute atomic E-state index is 10.9. The van der Waals surface area contributed by atoms with E-state index in [-0.39, 0.29) is 5.69 Å². The number of tetrazole rings is 1. The van der Waals surface area contributed by atoms with Crippen LogP contribution in [0.3, 0.4) is 0 Å². The molecule has 1 aromatic heterocycles. The Morgan fingerprint density at radius 2 is 2.55 bits per heavy atom. The van der Waals surface area contributed by atoms with Crippen LogP contribution in [0.5, 0.6) is 0 Å². The molecule has 0 atom stereocenters. The van der Waals surface area contributed by atoms with Crippen LogP contribution in [0.2, 0.25) is 0 Å². The van der Waals surface area contributed by atoms with E-state index in [1.54, 1.807) is 0 Å². The highest BCUT2D eigenvalue weighted by Gasteiger charge is 1.98. The zero-order valence-electron chi connectivity index (χ0n) is 6.53. The van der Waals surface area contributed by atoms with Gasteiger partial charge in [-0.3, -0.25) is 0 Å². The van der Waals surface area contributed by atoms with Crippen LogP contribution >= 0.6 is 0 Å². The largest absolute Gasteiger partial charge is 0.365 e. The molecule has 0 radical (unpaired) electrons. The fraction of sp³-hybridized carbons (Fsp3) is 0.500. The molecule has 1 heterocycles. The Bertz CT molecular complexity index is 308. The van der Waals surface area contributed by atoms with Crippen LogP contribution in [0.1, 0.15) is 20.3 Å². The van der Waals surface area contributed by atoms with Crippen molar-refractivity contribution in [3.63, 3.8) is 0 Å². The second-order valence-electron chi connectivity index (χ2n) is 2.17. The first-order chi connectivity index (χ1) is 5.25. The van der Waals surface area contributed by atoms with Crippen LogP contribution in [0.25, 0.3) is 5.70 Å². The van der Waals surface area contributed by atoms with Crippen LogP contribution < -0.4 is 5.69 Å². The van der Waals surface area contributed by atoms with Gasteiger partial charge in [0.25, 0.3) is 0 Å². The van der Waals surface area contributed by atoms with Crippen molar-refractivity contribution in [1.82, 2.24) is 20.2 Å². The van der Waals surface area contributed by atoms with Crippen molar-refractivity contribution in [1.29, 1.82) is 0 Å². The second kappa shape index (κ2) is 3.14. The third-order valence-corrected chi connectivity index (χ3v) is 1.31. The fourth-order valence-corrected chi connectivity index (χ4v) is 0.810. The maximum atomic E-state index is 10.9. The van der Waals surface area contributed by atoms with E-state index in [1.807, 2.05) is 19.9 Å². The molecule has 0 aliphatic rings. The van der Waals surface area contributed by atoms with Crippen molar-refractivity contribution >= 4 is 5.70 Å². The van der Waals surface area contributed by atoms with Gasteiger partial charge in [0.1, 0.15) is 0 Å². The van der Waals surface area contributed by atoms with Gasteiger partial charge in [-0.1, -0.05) is 13.0 Å². The molecule has 1 aromatic rings. The zero-order chi connectivity index (χ0) is 8.27. The number of rotatable bonds is 2. The number of aromatic amines is 1. The number of aromatic nitrogens is 4. The molecule has 11 heavy (non-hydrogen) atoms. The number of nitrogens with zero attached hydrogens (tertiary/aromatic N) is 3. The van der Waals surface area contributed by atoms with Crippen molar-refractivity contribution in [2.45, 2.75) is 20.3 Å². The highest BCUT2D eigenvalue weighted by Crippen LogP contribution is 1.96. The van der Waals surface area contributed by atoms with Gasteiger partial charge in [0.2, 0.25) is 0 Å². The van der Waals surface area contributed by atoms with Gasteiger partial charge >= 0.3 is 5.69 Å². The van der Waals surface area contributed by atoms with Crippen molar-refractivity contribution in [3.05, 3.63) is 16.6 Å². The molecule has 0 bridgehead atoms. The van der Waals surface area contributed by atoms with Gasteiger partial charge in [0, 0.05) is 5.70 Å². The van der Waals surface area contributed by atoms with Crippen LogP contribution in [0.4, 0.5) is 0 Å². The van der Waals surface area contributed by atoms with Crippen LogP contribution in [0, 0.1) is 0 Å². The normalized spacial score (nSPS) is 12.0. The smallest absolute Gasteiger partial charge is 0.244 e. The van der Waals surface area contributed by atoms with E-state index in [4.69, 9.17) is 0 Å². The number of hydrogen-bond acceptors (Lipinski definition) is 3. The number of allylic oxidation sites excluding steroid dienone is 2. The Hall–Kier alpha value is -1.39. The third kappa shape index (κ3) is 1.54. The summed E-state index contributed by atoms with van der Waals surface area (Å²) in [5.74, 6) is 0. The first-order valence-electron chi connectivity index (χ1n) is 3.43. The molecule has 0 fully saturated rings. The highest BCUT2D eigenvalue weighted by atomic mass is 16.2. The summed E-state index contributed by atoms with van der Waals surface area (Å²) in [5, 5.41) is 9.14. The molecule has 0 saturated carbocycles.